The van der Waals surface area contributed by atoms with Gasteiger partial charge < -0.3 is 9.30 Å². The lowest BCUT2D eigenvalue weighted by Crippen LogP contribution is -2.20. The van der Waals surface area contributed by atoms with Gasteiger partial charge in [-0.1, -0.05) is 36.0 Å². The SMILES string of the molecule is CCn1c(SCC(=O)NN=Cc2ccccc2OC)nc2ccccc21. The van der Waals surface area contributed by atoms with E-state index < -0.39 is 0 Å². The molecule has 7 heteroatoms. The van der Waals surface area contributed by atoms with E-state index in [1.807, 2.05) is 48.5 Å². The van der Waals surface area contributed by atoms with Crippen molar-refractivity contribution in [1.82, 2.24) is 15.0 Å². The highest BCUT2D eigenvalue weighted by atomic mass is 32.2. The van der Waals surface area contributed by atoms with Gasteiger partial charge in [0.25, 0.3) is 5.91 Å². The zero-order valence-electron chi connectivity index (χ0n) is 14.7. The third kappa shape index (κ3) is 4.05. The highest BCUT2D eigenvalue weighted by Gasteiger charge is 2.11. The lowest BCUT2D eigenvalue weighted by molar-refractivity contribution is -0.118. The first kappa shape index (κ1) is 18.0. The number of nitrogens with zero attached hydrogens (tertiary/aromatic N) is 3. The Balaban J connectivity index is 1.60. The van der Waals surface area contributed by atoms with Crippen molar-refractivity contribution in [2.45, 2.75) is 18.6 Å². The number of ether oxygens (including phenoxy) is 1. The maximum absolute atomic E-state index is 12.1. The van der Waals surface area contributed by atoms with Crippen molar-refractivity contribution in [2.75, 3.05) is 12.9 Å². The summed E-state index contributed by atoms with van der Waals surface area (Å²) < 4.78 is 7.35. The van der Waals surface area contributed by atoms with Gasteiger partial charge in [0.15, 0.2) is 5.16 Å². The van der Waals surface area contributed by atoms with E-state index in [0.29, 0.717) is 5.75 Å². The second-order valence-corrected chi connectivity index (χ2v) is 6.39. The van der Waals surface area contributed by atoms with E-state index in [0.717, 1.165) is 28.3 Å². The molecule has 1 N–H and O–H groups in total. The van der Waals surface area contributed by atoms with Crippen molar-refractivity contribution in [2.24, 2.45) is 5.10 Å². The molecule has 3 rings (SSSR count). The molecule has 0 saturated heterocycles. The van der Waals surface area contributed by atoms with Gasteiger partial charge in [-0.2, -0.15) is 5.10 Å². The van der Waals surface area contributed by atoms with Gasteiger partial charge in [0, 0.05) is 12.1 Å². The summed E-state index contributed by atoms with van der Waals surface area (Å²) in [7, 11) is 1.60. The van der Waals surface area contributed by atoms with E-state index >= 15 is 0 Å². The minimum atomic E-state index is -0.184. The van der Waals surface area contributed by atoms with Gasteiger partial charge in [0.1, 0.15) is 5.75 Å². The summed E-state index contributed by atoms with van der Waals surface area (Å²) in [5.74, 6) is 0.763. The first-order chi connectivity index (χ1) is 12.7. The molecule has 1 heterocycles. The van der Waals surface area contributed by atoms with Crippen LogP contribution < -0.4 is 10.2 Å². The molecule has 1 amide bonds. The topological polar surface area (TPSA) is 68.5 Å². The molecule has 134 valence electrons. The monoisotopic (exact) mass is 368 g/mol. The summed E-state index contributed by atoms with van der Waals surface area (Å²) in [5, 5.41) is 4.83. The minimum Gasteiger partial charge on any atom is -0.496 e. The number of amides is 1. The molecule has 0 saturated carbocycles. The number of aromatic nitrogens is 2. The summed E-state index contributed by atoms with van der Waals surface area (Å²) in [6, 6.07) is 15.4. The van der Waals surface area contributed by atoms with Crippen LogP contribution in [0.15, 0.2) is 58.8 Å². The van der Waals surface area contributed by atoms with E-state index in [2.05, 4.69) is 27.0 Å². The van der Waals surface area contributed by atoms with E-state index in [1.54, 1.807) is 13.3 Å². The Bertz CT molecular complexity index is 936. The van der Waals surface area contributed by atoms with Crippen molar-refractivity contribution in [1.29, 1.82) is 0 Å². The Morgan fingerprint density at radius 3 is 2.85 bits per heavy atom. The number of nitrogens with one attached hydrogen (secondary N) is 1. The van der Waals surface area contributed by atoms with Crippen LogP contribution in [0, 0.1) is 0 Å². The lowest BCUT2D eigenvalue weighted by atomic mass is 10.2. The van der Waals surface area contributed by atoms with Crippen LogP contribution in [-0.4, -0.2) is 34.5 Å². The molecule has 0 atom stereocenters. The zero-order valence-corrected chi connectivity index (χ0v) is 15.5. The van der Waals surface area contributed by atoms with E-state index in [1.165, 1.54) is 11.8 Å². The number of carbonyl (C=O) groups is 1. The van der Waals surface area contributed by atoms with Crippen LogP contribution >= 0.6 is 11.8 Å². The number of hydrazone groups is 1. The predicted octanol–water partition coefficient (Wildman–Crippen LogP) is 3.31. The first-order valence-electron chi connectivity index (χ1n) is 8.26. The lowest BCUT2D eigenvalue weighted by Gasteiger charge is -2.05. The fourth-order valence-corrected chi connectivity index (χ4v) is 3.45. The molecular formula is C19H20N4O2S. The maximum Gasteiger partial charge on any atom is 0.250 e. The normalized spacial score (nSPS) is 11.2. The Kier molecular flexibility index (Phi) is 5.91. The highest BCUT2D eigenvalue weighted by Crippen LogP contribution is 2.23. The molecule has 3 aromatic rings. The molecule has 0 fully saturated rings. The number of methoxy groups -OCH3 is 1. The largest absolute Gasteiger partial charge is 0.496 e. The number of thioether (sulfide) groups is 1. The Hall–Kier alpha value is -2.80. The fourth-order valence-electron chi connectivity index (χ4n) is 2.58. The number of imidazole rings is 1. The van der Waals surface area contributed by atoms with Crippen molar-refractivity contribution in [3.63, 3.8) is 0 Å². The van der Waals surface area contributed by atoms with Crippen LogP contribution in [0.2, 0.25) is 0 Å². The average Bonchev–Trinajstić information content (AvgIpc) is 3.04. The van der Waals surface area contributed by atoms with Crippen molar-refractivity contribution in [3.05, 3.63) is 54.1 Å². The van der Waals surface area contributed by atoms with Gasteiger partial charge in [-0.05, 0) is 31.2 Å². The van der Waals surface area contributed by atoms with Gasteiger partial charge in [0.2, 0.25) is 0 Å². The van der Waals surface area contributed by atoms with Gasteiger partial charge in [-0.15, -0.1) is 0 Å². The molecule has 0 spiro atoms. The number of hydrogen-bond acceptors (Lipinski definition) is 5. The molecule has 0 aliphatic carbocycles. The Morgan fingerprint density at radius 1 is 1.27 bits per heavy atom. The summed E-state index contributed by atoms with van der Waals surface area (Å²) >= 11 is 1.40. The molecule has 6 nitrogen and oxygen atoms in total. The number of fused-ring (bicyclic) bond motifs is 1. The van der Waals surface area contributed by atoms with Gasteiger partial charge in [0.05, 0.1) is 30.1 Å². The molecule has 0 radical (unpaired) electrons. The van der Waals surface area contributed by atoms with E-state index in [9.17, 15) is 4.79 Å². The smallest absolute Gasteiger partial charge is 0.250 e. The number of carbonyl (C=O) groups excluding carboxylic acids is 1. The summed E-state index contributed by atoms with van der Waals surface area (Å²) in [6.07, 6.45) is 1.57. The predicted molar refractivity (Wildman–Crippen MR) is 105 cm³/mol. The van der Waals surface area contributed by atoms with Crippen LogP contribution in [0.1, 0.15) is 12.5 Å². The first-order valence-corrected chi connectivity index (χ1v) is 9.24. The summed E-state index contributed by atoms with van der Waals surface area (Å²) in [5.41, 5.74) is 5.36. The van der Waals surface area contributed by atoms with Crippen molar-refractivity contribution >= 4 is 34.9 Å². The highest BCUT2D eigenvalue weighted by molar-refractivity contribution is 7.99. The number of aryl methyl sites for hydroxylation is 1. The molecule has 0 bridgehead atoms. The molecule has 26 heavy (non-hydrogen) atoms. The van der Waals surface area contributed by atoms with Crippen LogP contribution in [0.4, 0.5) is 0 Å². The van der Waals surface area contributed by atoms with Crippen LogP contribution in [0.5, 0.6) is 5.75 Å². The minimum absolute atomic E-state index is 0.184. The van der Waals surface area contributed by atoms with Crippen LogP contribution in [0.3, 0.4) is 0 Å². The molecular weight excluding hydrogens is 348 g/mol. The number of rotatable bonds is 7. The average molecular weight is 368 g/mol. The quantitative estimate of drug-likeness (QED) is 0.395. The van der Waals surface area contributed by atoms with E-state index in [4.69, 9.17) is 4.74 Å². The summed E-state index contributed by atoms with van der Waals surface area (Å²) in [6.45, 7) is 2.87. The molecule has 1 aromatic heterocycles. The third-order valence-corrected chi connectivity index (χ3v) is 4.78. The molecule has 0 aliphatic rings. The van der Waals surface area contributed by atoms with Gasteiger partial charge in [-0.3, -0.25) is 4.79 Å². The standard InChI is InChI=1S/C19H20N4O2S/c1-3-23-16-10-6-5-9-15(16)21-19(23)26-13-18(24)22-20-12-14-8-4-7-11-17(14)25-2/h4-12H,3,13H2,1-2H3,(H,22,24). The third-order valence-electron chi connectivity index (χ3n) is 3.80. The second-order valence-electron chi connectivity index (χ2n) is 5.45. The van der Waals surface area contributed by atoms with E-state index in [-0.39, 0.29) is 11.7 Å². The second kappa shape index (κ2) is 8.53. The fraction of sp³-hybridized carbons (Fsp3) is 0.211. The van der Waals surface area contributed by atoms with Crippen molar-refractivity contribution < 1.29 is 9.53 Å². The van der Waals surface area contributed by atoms with Gasteiger partial charge >= 0.3 is 0 Å². The van der Waals surface area contributed by atoms with Crippen LogP contribution in [-0.2, 0) is 11.3 Å². The number of para-hydroxylation sites is 3. The van der Waals surface area contributed by atoms with Gasteiger partial charge in [-0.25, -0.2) is 10.4 Å². The number of benzene rings is 2. The summed E-state index contributed by atoms with van der Waals surface area (Å²) in [4.78, 5) is 16.7. The maximum atomic E-state index is 12.1. The Labute approximate surface area is 156 Å². The Morgan fingerprint density at radius 2 is 2.04 bits per heavy atom. The molecule has 0 aliphatic heterocycles. The van der Waals surface area contributed by atoms with Crippen LogP contribution in [0.25, 0.3) is 11.0 Å². The molecule has 0 unspecified atom stereocenters. The van der Waals surface area contributed by atoms with Crippen molar-refractivity contribution in [3.8, 4) is 5.75 Å². The zero-order chi connectivity index (χ0) is 18.4. The number of hydrogen-bond donors (Lipinski definition) is 1. The molecule has 2 aromatic carbocycles.